The number of benzene rings is 2. The predicted molar refractivity (Wildman–Crippen MR) is 134 cm³/mol. The molecule has 0 radical (unpaired) electrons. The van der Waals surface area contributed by atoms with Gasteiger partial charge in [0, 0.05) is 56.4 Å². The molecule has 1 aromatic heterocycles. The van der Waals surface area contributed by atoms with Crippen LogP contribution in [-0.2, 0) is 13.6 Å². The van der Waals surface area contributed by atoms with Crippen molar-refractivity contribution in [2.75, 3.05) is 49.5 Å². The number of nitrogens with zero attached hydrogens (tertiary/aromatic N) is 4. The molecule has 3 aromatic rings. The Labute approximate surface area is 208 Å². The zero-order chi connectivity index (χ0) is 24.4. The number of aryl methyl sites for hydroxylation is 1. The summed E-state index contributed by atoms with van der Waals surface area (Å²) in [4.78, 5) is 17.5. The number of hydrogen-bond donors (Lipinski definition) is 2. The molecule has 3 heterocycles. The molecule has 0 aliphatic carbocycles. The van der Waals surface area contributed by atoms with Gasteiger partial charge in [-0.2, -0.15) is 5.10 Å². The molecule has 8 nitrogen and oxygen atoms in total. The topological polar surface area (TPSA) is 74.7 Å². The van der Waals surface area contributed by atoms with E-state index in [2.05, 4.69) is 20.6 Å². The van der Waals surface area contributed by atoms with Crippen LogP contribution in [0.1, 0.15) is 22.3 Å². The molecule has 10 heteroatoms. The molecular formula is C25H28ClFN6O2. The number of carbonyl (C=O) groups excluding carboxylic acids is 1. The third kappa shape index (κ3) is 5.12. The van der Waals surface area contributed by atoms with Crippen LogP contribution in [-0.4, -0.2) is 59.9 Å². The fourth-order valence-electron chi connectivity index (χ4n) is 4.49. The maximum atomic E-state index is 15.1. The van der Waals surface area contributed by atoms with E-state index in [1.54, 1.807) is 40.0 Å². The zero-order valence-corrected chi connectivity index (χ0v) is 20.3. The molecule has 2 aliphatic heterocycles. The monoisotopic (exact) mass is 498 g/mol. The number of aromatic nitrogens is 2. The Kier molecular flexibility index (Phi) is 6.90. The number of rotatable bonds is 6. The van der Waals surface area contributed by atoms with E-state index in [1.165, 1.54) is 12.1 Å². The first-order valence-electron chi connectivity index (χ1n) is 11.7. The van der Waals surface area contributed by atoms with Crippen LogP contribution in [0, 0.1) is 5.82 Å². The van der Waals surface area contributed by atoms with Crippen molar-refractivity contribution < 1.29 is 13.9 Å². The highest BCUT2D eigenvalue weighted by molar-refractivity contribution is 6.31. The van der Waals surface area contributed by atoms with Gasteiger partial charge < -0.3 is 25.2 Å². The summed E-state index contributed by atoms with van der Waals surface area (Å²) >= 11 is 6.21. The molecule has 184 valence electrons. The van der Waals surface area contributed by atoms with Gasteiger partial charge in [0.05, 0.1) is 36.3 Å². The van der Waals surface area contributed by atoms with Gasteiger partial charge >= 0.3 is 0 Å². The van der Waals surface area contributed by atoms with Crippen molar-refractivity contribution in [2.24, 2.45) is 7.05 Å². The highest BCUT2D eigenvalue weighted by Gasteiger charge is 2.28. The van der Waals surface area contributed by atoms with E-state index in [9.17, 15) is 4.79 Å². The molecule has 0 saturated carbocycles. The molecule has 2 aromatic carbocycles. The second-order valence-electron chi connectivity index (χ2n) is 8.76. The van der Waals surface area contributed by atoms with Crippen molar-refractivity contribution in [3.8, 4) is 5.75 Å². The quantitative estimate of drug-likeness (QED) is 0.504. The van der Waals surface area contributed by atoms with Gasteiger partial charge in [0.25, 0.3) is 5.91 Å². The van der Waals surface area contributed by atoms with E-state index < -0.39 is 11.7 Å². The summed E-state index contributed by atoms with van der Waals surface area (Å²) in [7, 11) is 1.82. The number of nitrogens with one attached hydrogen (secondary N) is 2. The fourth-order valence-corrected chi connectivity index (χ4v) is 4.66. The molecule has 0 spiro atoms. The molecule has 0 unspecified atom stereocenters. The Morgan fingerprint density at radius 1 is 1.20 bits per heavy atom. The molecule has 0 bridgehead atoms. The molecule has 2 N–H and O–H groups in total. The number of anilines is 3. The van der Waals surface area contributed by atoms with Crippen molar-refractivity contribution in [3.63, 3.8) is 0 Å². The Bertz CT molecular complexity index is 1230. The summed E-state index contributed by atoms with van der Waals surface area (Å²) < 4.78 is 22.6. The highest BCUT2D eigenvalue weighted by Crippen LogP contribution is 2.38. The van der Waals surface area contributed by atoms with Gasteiger partial charge in [-0.15, -0.1) is 0 Å². The maximum absolute atomic E-state index is 15.1. The van der Waals surface area contributed by atoms with Crippen molar-refractivity contribution in [2.45, 2.75) is 13.0 Å². The predicted octanol–water partition coefficient (Wildman–Crippen LogP) is 3.79. The van der Waals surface area contributed by atoms with Crippen molar-refractivity contribution in [1.82, 2.24) is 20.0 Å². The average Bonchev–Trinajstić information content (AvgIpc) is 3.10. The fraction of sp³-hybridized carbons (Fsp3) is 0.360. The molecule has 35 heavy (non-hydrogen) atoms. The lowest BCUT2D eigenvalue weighted by atomic mass is 10.1. The zero-order valence-electron chi connectivity index (χ0n) is 19.6. The number of carbonyl (C=O) groups is 1. The van der Waals surface area contributed by atoms with Gasteiger partial charge in [-0.25, -0.2) is 4.39 Å². The van der Waals surface area contributed by atoms with Gasteiger partial charge in [0.15, 0.2) is 0 Å². The summed E-state index contributed by atoms with van der Waals surface area (Å²) in [6.07, 6.45) is 2.56. The second-order valence-corrected chi connectivity index (χ2v) is 9.19. The molecule has 0 atom stereocenters. The molecule has 1 amide bonds. The first kappa shape index (κ1) is 23.6. The van der Waals surface area contributed by atoms with Crippen LogP contribution >= 0.6 is 11.6 Å². The smallest absolute Gasteiger partial charge is 0.261 e. The lowest BCUT2D eigenvalue weighted by Crippen LogP contribution is -2.43. The molecule has 5 rings (SSSR count). The number of amides is 1. The number of piperazine rings is 1. The van der Waals surface area contributed by atoms with Crippen LogP contribution < -0.4 is 20.3 Å². The van der Waals surface area contributed by atoms with E-state index >= 15 is 4.39 Å². The Morgan fingerprint density at radius 2 is 2.03 bits per heavy atom. The number of hydrogen-bond acceptors (Lipinski definition) is 6. The number of fused-ring (bicyclic) bond motifs is 2. The van der Waals surface area contributed by atoms with Crippen molar-refractivity contribution in [1.29, 1.82) is 0 Å². The molecule has 2 aliphatic rings. The van der Waals surface area contributed by atoms with Gasteiger partial charge in [0.1, 0.15) is 17.4 Å². The Morgan fingerprint density at radius 3 is 2.83 bits per heavy atom. The van der Waals surface area contributed by atoms with E-state index in [0.717, 1.165) is 50.5 Å². The van der Waals surface area contributed by atoms with Gasteiger partial charge in [-0.05, 0) is 36.8 Å². The minimum absolute atomic E-state index is 0.0218. The Balaban J connectivity index is 1.31. The lowest BCUT2D eigenvalue weighted by Gasteiger charge is -2.27. The summed E-state index contributed by atoms with van der Waals surface area (Å²) in [5, 5.41) is 11.4. The second kappa shape index (κ2) is 10.2. The summed E-state index contributed by atoms with van der Waals surface area (Å²) in [5.41, 5.74) is 2.06. The lowest BCUT2D eigenvalue weighted by molar-refractivity contribution is 0.0981. The number of halogens is 2. The van der Waals surface area contributed by atoms with Gasteiger partial charge in [-0.3, -0.25) is 9.48 Å². The molecule has 1 fully saturated rings. The van der Waals surface area contributed by atoms with E-state index in [4.69, 9.17) is 16.3 Å². The van der Waals surface area contributed by atoms with Crippen molar-refractivity contribution >= 4 is 34.7 Å². The summed E-state index contributed by atoms with van der Waals surface area (Å²) in [5.74, 6) is 0.107. The summed E-state index contributed by atoms with van der Waals surface area (Å²) in [6, 6.07) is 9.64. The van der Waals surface area contributed by atoms with E-state index in [1.807, 2.05) is 7.05 Å². The Hall–Kier alpha value is -3.14. The minimum Gasteiger partial charge on any atom is -0.493 e. The molecule has 1 saturated heterocycles. The molecular weight excluding hydrogens is 471 g/mol. The summed E-state index contributed by atoms with van der Waals surface area (Å²) in [6.45, 7) is 5.77. The largest absolute Gasteiger partial charge is 0.493 e. The first-order chi connectivity index (χ1) is 17.0. The van der Waals surface area contributed by atoms with E-state index in [-0.39, 0.29) is 12.1 Å². The normalized spacial score (nSPS) is 15.7. The minimum atomic E-state index is -0.617. The van der Waals surface area contributed by atoms with Crippen molar-refractivity contribution in [3.05, 3.63) is 64.6 Å². The van der Waals surface area contributed by atoms with Crippen LogP contribution in [0.2, 0.25) is 5.02 Å². The average molecular weight is 499 g/mol. The highest BCUT2D eigenvalue weighted by atomic mass is 35.5. The van der Waals surface area contributed by atoms with Gasteiger partial charge in [0.2, 0.25) is 0 Å². The van der Waals surface area contributed by atoms with Crippen LogP contribution in [0.3, 0.4) is 0 Å². The third-order valence-electron chi connectivity index (χ3n) is 6.36. The van der Waals surface area contributed by atoms with Crippen LogP contribution in [0.5, 0.6) is 5.75 Å². The van der Waals surface area contributed by atoms with Crippen LogP contribution in [0.25, 0.3) is 0 Å². The van der Waals surface area contributed by atoms with Gasteiger partial charge in [-0.1, -0.05) is 11.6 Å². The van der Waals surface area contributed by atoms with Crippen LogP contribution in [0.15, 0.2) is 42.6 Å². The number of ether oxygens (including phenoxy) is 1. The first-order valence-corrected chi connectivity index (χ1v) is 12.1. The SMILES string of the molecule is Cn1ncc2c1Nc1cc(Cl)ccc1N(C(=O)c1ccc(OCCCN3CCNCC3)cc1F)C2. The van der Waals surface area contributed by atoms with Crippen LogP contribution in [0.4, 0.5) is 21.6 Å². The maximum Gasteiger partial charge on any atom is 0.261 e. The van der Waals surface area contributed by atoms with E-state index in [0.29, 0.717) is 28.8 Å². The third-order valence-corrected chi connectivity index (χ3v) is 6.59. The standard InChI is InChI=1S/C25H28ClFN6O2/c1-31-24-17(15-29-31)16-33(23-6-3-18(26)13-22(23)30-24)25(34)20-5-4-19(14-21(20)27)35-12-2-9-32-10-7-28-8-11-32/h3-6,13-15,28,30H,2,7-12,16H2,1H3.